The second kappa shape index (κ2) is 8.49. The molecule has 0 atom stereocenters. The van der Waals surface area contributed by atoms with E-state index < -0.39 is 0 Å². The number of carbonyl (C=O) groups excluding carboxylic acids is 1. The third kappa shape index (κ3) is 12.1. The van der Waals surface area contributed by atoms with Crippen LogP contribution >= 0.6 is 0 Å². The van der Waals surface area contributed by atoms with Crippen molar-refractivity contribution in [2.75, 3.05) is 28.3 Å². The van der Waals surface area contributed by atoms with Gasteiger partial charge in [0.15, 0.2) is 6.29 Å². The fourth-order valence-corrected chi connectivity index (χ4v) is 0.0962. The second-order valence-corrected chi connectivity index (χ2v) is 2.45. The molecule has 4 nitrogen and oxygen atoms in total. The summed E-state index contributed by atoms with van der Waals surface area (Å²) in [5.74, 6) is 0.0926. The van der Waals surface area contributed by atoms with Crippen LogP contribution in [0.15, 0.2) is 0 Å². The van der Waals surface area contributed by atoms with Crippen LogP contribution in [0.2, 0.25) is 0 Å². The van der Waals surface area contributed by atoms with E-state index in [1.54, 1.807) is 28.3 Å². The number of rotatable bonds is 2. The van der Waals surface area contributed by atoms with Gasteiger partial charge in [-0.05, 0) is 6.92 Å². The molecule has 0 fully saturated rings. The molecule has 0 heterocycles. The molecule has 0 radical (unpaired) electrons. The predicted molar refractivity (Wildman–Crippen MR) is 47.8 cm³/mol. The van der Waals surface area contributed by atoms with Crippen molar-refractivity contribution in [2.24, 2.45) is 0 Å². The quantitative estimate of drug-likeness (QED) is 0.583. The van der Waals surface area contributed by atoms with E-state index in [0.717, 1.165) is 0 Å². The topological polar surface area (TPSA) is 38.8 Å². The highest BCUT2D eigenvalue weighted by molar-refractivity contribution is 5.72. The maximum atomic E-state index is 10.1. The lowest BCUT2D eigenvalue weighted by molar-refractivity contribution is -0.126. The highest BCUT2D eigenvalue weighted by Gasteiger charge is 1.88. The van der Waals surface area contributed by atoms with E-state index in [-0.39, 0.29) is 12.2 Å². The van der Waals surface area contributed by atoms with Crippen molar-refractivity contribution in [3.8, 4) is 0 Å². The van der Waals surface area contributed by atoms with Crippen molar-refractivity contribution < 1.29 is 14.3 Å². The Morgan fingerprint density at radius 3 is 1.50 bits per heavy atom. The molecule has 0 aromatic heterocycles. The number of hydrogen-bond donors (Lipinski definition) is 0. The fourth-order valence-electron chi connectivity index (χ4n) is 0.0962. The molecule has 0 unspecified atom stereocenters. The summed E-state index contributed by atoms with van der Waals surface area (Å²) < 4.78 is 9.35. The van der Waals surface area contributed by atoms with Crippen LogP contribution in [0.25, 0.3) is 0 Å². The van der Waals surface area contributed by atoms with Crippen LogP contribution in [-0.2, 0) is 14.3 Å². The van der Waals surface area contributed by atoms with Crippen molar-refractivity contribution in [3.63, 3.8) is 0 Å². The molecule has 0 saturated heterocycles. The second-order valence-electron chi connectivity index (χ2n) is 2.45. The number of hydrogen-bond acceptors (Lipinski definition) is 3. The zero-order valence-corrected chi connectivity index (χ0v) is 8.75. The summed E-state index contributed by atoms with van der Waals surface area (Å²) in [5.41, 5.74) is 0. The van der Waals surface area contributed by atoms with Gasteiger partial charge in [-0.3, -0.25) is 4.79 Å². The summed E-state index contributed by atoms with van der Waals surface area (Å²) in [6.45, 7) is 3.36. The van der Waals surface area contributed by atoms with Gasteiger partial charge in [-0.1, -0.05) is 0 Å². The van der Waals surface area contributed by atoms with Crippen LogP contribution in [0.4, 0.5) is 0 Å². The van der Waals surface area contributed by atoms with Crippen LogP contribution < -0.4 is 0 Å². The van der Waals surface area contributed by atoms with E-state index in [4.69, 9.17) is 0 Å². The average molecular weight is 177 g/mol. The molecule has 1 amide bonds. The first kappa shape index (κ1) is 13.9. The van der Waals surface area contributed by atoms with E-state index in [1.807, 2.05) is 6.92 Å². The van der Waals surface area contributed by atoms with Gasteiger partial charge < -0.3 is 14.4 Å². The van der Waals surface area contributed by atoms with Gasteiger partial charge in [0.1, 0.15) is 0 Å². The maximum absolute atomic E-state index is 10.1. The standard InChI is InChI=1S/C4H9NO.C4H10O2/c1-4(6)5(2)3;1-4(5-2)6-3/h1-3H3;4H,1-3H3. The minimum absolute atomic E-state index is 0.0648. The smallest absolute Gasteiger partial charge is 0.218 e. The largest absolute Gasteiger partial charge is 0.356 e. The van der Waals surface area contributed by atoms with Crippen LogP contribution in [0.1, 0.15) is 13.8 Å². The predicted octanol–water partition coefficient (Wildman–Crippen LogP) is 0.720. The molecule has 0 spiro atoms. The van der Waals surface area contributed by atoms with Gasteiger partial charge in [-0.2, -0.15) is 0 Å². The minimum atomic E-state index is -0.0648. The van der Waals surface area contributed by atoms with Gasteiger partial charge in [0.05, 0.1) is 0 Å². The van der Waals surface area contributed by atoms with Crippen LogP contribution in [0.5, 0.6) is 0 Å². The first-order valence-corrected chi connectivity index (χ1v) is 3.69. The van der Waals surface area contributed by atoms with Gasteiger partial charge >= 0.3 is 0 Å². The monoisotopic (exact) mass is 177 g/mol. The summed E-state index contributed by atoms with van der Waals surface area (Å²) in [6, 6.07) is 0. The Labute approximate surface area is 74.4 Å². The molecule has 0 saturated carbocycles. The number of amides is 1. The first-order chi connectivity index (χ1) is 5.45. The summed E-state index contributed by atoms with van der Waals surface area (Å²) in [7, 11) is 6.66. The summed E-state index contributed by atoms with van der Waals surface area (Å²) in [6.07, 6.45) is -0.0648. The van der Waals surface area contributed by atoms with Gasteiger partial charge in [-0.15, -0.1) is 0 Å². The van der Waals surface area contributed by atoms with Crippen LogP contribution in [0, 0.1) is 0 Å². The van der Waals surface area contributed by atoms with Crippen molar-refractivity contribution in [1.29, 1.82) is 0 Å². The zero-order chi connectivity index (χ0) is 10.1. The highest BCUT2D eigenvalue weighted by Crippen LogP contribution is 1.82. The van der Waals surface area contributed by atoms with Crippen LogP contribution in [-0.4, -0.2) is 45.4 Å². The SMILES string of the molecule is CC(=O)N(C)C.COC(C)OC. The molecule has 12 heavy (non-hydrogen) atoms. The number of ether oxygens (including phenoxy) is 2. The molecule has 0 rings (SSSR count). The van der Waals surface area contributed by atoms with E-state index in [9.17, 15) is 4.79 Å². The number of carbonyl (C=O) groups is 1. The Morgan fingerprint density at radius 2 is 1.50 bits per heavy atom. The van der Waals surface area contributed by atoms with Gasteiger partial charge in [0.25, 0.3) is 0 Å². The van der Waals surface area contributed by atoms with E-state index >= 15 is 0 Å². The molecule has 0 aromatic rings. The van der Waals surface area contributed by atoms with Crippen molar-refractivity contribution in [3.05, 3.63) is 0 Å². The Bertz CT molecular complexity index is 111. The van der Waals surface area contributed by atoms with E-state index in [2.05, 4.69) is 9.47 Å². The lowest BCUT2D eigenvalue weighted by Crippen LogP contribution is -2.17. The molecule has 0 N–H and O–H groups in total. The first-order valence-electron chi connectivity index (χ1n) is 3.69. The minimum Gasteiger partial charge on any atom is -0.356 e. The van der Waals surface area contributed by atoms with Gasteiger partial charge in [-0.25, -0.2) is 0 Å². The lowest BCUT2D eigenvalue weighted by Gasteiger charge is -2.03. The summed E-state index contributed by atoms with van der Waals surface area (Å²) >= 11 is 0. The molecule has 0 aliphatic rings. The third-order valence-electron chi connectivity index (χ3n) is 1.29. The molecular weight excluding hydrogens is 158 g/mol. The molecule has 0 aliphatic heterocycles. The van der Waals surface area contributed by atoms with Crippen molar-refractivity contribution >= 4 is 5.91 Å². The van der Waals surface area contributed by atoms with E-state index in [0.29, 0.717) is 0 Å². The Kier molecular flexibility index (Phi) is 9.86. The molecule has 0 aromatic carbocycles. The fraction of sp³-hybridized carbons (Fsp3) is 0.875. The Morgan fingerprint density at radius 1 is 1.25 bits per heavy atom. The summed E-state index contributed by atoms with van der Waals surface area (Å²) in [4.78, 5) is 11.6. The van der Waals surface area contributed by atoms with Crippen LogP contribution in [0.3, 0.4) is 0 Å². The molecule has 0 bridgehead atoms. The molecule has 0 aliphatic carbocycles. The lowest BCUT2D eigenvalue weighted by atomic mass is 10.7. The number of methoxy groups -OCH3 is 2. The molecule has 4 heteroatoms. The molecule has 74 valence electrons. The third-order valence-corrected chi connectivity index (χ3v) is 1.29. The van der Waals surface area contributed by atoms with Crippen molar-refractivity contribution in [2.45, 2.75) is 20.1 Å². The van der Waals surface area contributed by atoms with E-state index in [1.165, 1.54) is 11.8 Å². The number of nitrogens with zero attached hydrogens (tertiary/aromatic N) is 1. The normalized spacial score (nSPS) is 8.92. The summed E-state index contributed by atoms with van der Waals surface area (Å²) in [5, 5.41) is 0. The average Bonchev–Trinajstić information content (AvgIpc) is 2.04. The maximum Gasteiger partial charge on any atom is 0.218 e. The molecular formula is C8H19NO3. The Balaban J connectivity index is 0. The highest BCUT2D eigenvalue weighted by atomic mass is 16.7. The van der Waals surface area contributed by atoms with Gasteiger partial charge in [0.2, 0.25) is 5.91 Å². The van der Waals surface area contributed by atoms with Crippen molar-refractivity contribution in [1.82, 2.24) is 4.90 Å². The van der Waals surface area contributed by atoms with Gasteiger partial charge in [0, 0.05) is 35.2 Å². The zero-order valence-electron chi connectivity index (χ0n) is 8.75. The Hall–Kier alpha value is -0.610.